The van der Waals surface area contributed by atoms with E-state index in [1.807, 2.05) is 32.9 Å². The first-order chi connectivity index (χ1) is 9.65. The van der Waals surface area contributed by atoms with Gasteiger partial charge in [-0.25, -0.2) is 0 Å². The zero-order valence-electron chi connectivity index (χ0n) is 12.9. The molecule has 1 fully saturated rings. The van der Waals surface area contributed by atoms with Gasteiger partial charge in [0.25, 0.3) is 0 Å². The van der Waals surface area contributed by atoms with E-state index in [4.69, 9.17) is 4.74 Å². The predicted molar refractivity (Wildman–Crippen MR) is 85.6 cm³/mol. The van der Waals surface area contributed by atoms with Gasteiger partial charge in [0.1, 0.15) is 12.4 Å². The maximum atomic E-state index is 9.49. The highest BCUT2D eigenvalue weighted by molar-refractivity contribution is 5.49. The van der Waals surface area contributed by atoms with Crippen molar-refractivity contribution >= 4 is 5.69 Å². The van der Waals surface area contributed by atoms with Crippen LogP contribution in [0.5, 0.6) is 5.75 Å². The summed E-state index contributed by atoms with van der Waals surface area (Å²) in [7, 11) is 0. The zero-order chi connectivity index (χ0) is 15.0. The number of hydrogen-bond acceptors (Lipinski definition) is 3. The SMILES string of the molecule is C=C(C)COc1ccc(N2CCC(O)CC2)cc1.CC. The Labute approximate surface area is 122 Å². The summed E-state index contributed by atoms with van der Waals surface area (Å²) in [6.07, 6.45) is 1.58. The van der Waals surface area contributed by atoms with E-state index in [0.29, 0.717) is 6.61 Å². The first kappa shape index (κ1) is 16.6. The highest BCUT2D eigenvalue weighted by atomic mass is 16.5. The zero-order valence-corrected chi connectivity index (χ0v) is 12.9. The quantitative estimate of drug-likeness (QED) is 0.853. The molecule has 1 N–H and O–H groups in total. The van der Waals surface area contributed by atoms with Crippen LogP contribution in [-0.2, 0) is 0 Å². The number of rotatable bonds is 4. The van der Waals surface area contributed by atoms with E-state index in [-0.39, 0.29) is 6.10 Å². The van der Waals surface area contributed by atoms with Gasteiger partial charge in [-0.05, 0) is 49.6 Å². The Hall–Kier alpha value is -1.48. The number of nitrogens with zero attached hydrogens (tertiary/aromatic N) is 1. The first-order valence-corrected chi connectivity index (χ1v) is 7.45. The Balaban J connectivity index is 0.000000956. The molecule has 3 nitrogen and oxygen atoms in total. The molecule has 1 aliphatic heterocycles. The first-order valence-electron chi connectivity index (χ1n) is 7.45. The third-order valence-electron chi connectivity index (χ3n) is 3.15. The van der Waals surface area contributed by atoms with E-state index in [9.17, 15) is 5.11 Å². The van der Waals surface area contributed by atoms with Crippen molar-refractivity contribution < 1.29 is 9.84 Å². The van der Waals surface area contributed by atoms with Gasteiger partial charge in [0.05, 0.1) is 6.10 Å². The smallest absolute Gasteiger partial charge is 0.119 e. The average Bonchev–Trinajstić information content (AvgIpc) is 2.49. The molecule has 1 aliphatic rings. The van der Waals surface area contributed by atoms with Crippen molar-refractivity contribution in [3.8, 4) is 5.75 Å². The molecular formula is C17H27NO2. The molecule has 1 aromatic carbocycles. The summed E-state index contributed by atoms with van der Waals surface area (Å²) in [4.78, 5) is 2.30. The summed E-state index contributed by atoms with van der Waals surface area (Å²) < 4.78 is 5.57. The minimum absolute atomic E-state index is 0.126. The number of aliphatic hydroxyl groups is 1. The lowest BCUT2D eigenvalue weighted by molar-refractivity contribution is 0.145. The molecule has 0 saturated carbocycles. The van der Waals surface area contributed by atoms with E-state index in [1.54, 1.807) is 0 Å². The molecule has 112 valence electrons. The topological polar surface area (TPSA) is 32.7 Å². The molecule has 2 rings (SSSR count). The molecule has 0 unspecified atom stereocenters. The number of aliphatic hydroxyl groups excluding tert-OH is 1. The number of anilines is 1. The van der Waals surface area contributed by atoms with Gasteiger partial charge in [-0.3, -0.25) is 0 Å². The van der Waals surface area contributed by atoms with E-state index in [2.05, 4.69) is 23.6 Å². The van der Waals surface area contributed by atoms with Crippen molar-refractivity contribution in [2.75, 3.05) is 24.6 Å². The second-order valence-electron chi connectivity index (χ2n) is 4.96. The standard InChI is InChI=1S/C15H21NO2.C2H6/c1-12(2)11-18-15-5-3-13(4-6-15)16-9-7-14(17)8-10-16;1-2/h3-6,14,17H,1,7-11H2,2H3;1-2H3. The van der Waals surface area contributed by atoms with Gasteiger partial charge in [-0.2, -0.15) is 0 Å². The molecule has 0 spiro atoms. The molecule has 0 amide bonds. The van der Waals surface area contributed by atoms with Crippen LogP contribution < -0.4 is 9.64 Å². The van der Waals surface area contributed by atoms with Crippen LogP contribution in [0.2, 0.25) is 0 Å². The highest BCUT2D eigenvalue weighted by Crippen LogP contribution is 2.23. The molecule has 0 aromatic heterocycles. The van der Waals surface area contributed by atoms with Crippen molar-refractivity contribution in [1.82, 2.24) is 0 Å². The van der Waals surface area contributed by atoms with Crippen LogP contribution in [0.4, 0.5) is 5.69 Å². The van der Waals surface area contributed by atoms with Gasteiger partial charge in [0.2, 0.25) is 0 Å². The number of benzene rings is 1. The third-order valence-corrected chi connectivity index (χ3v) is 3.15. The molecule has 0 atom stereocenters. The monoisotopic (exact) mass is 277 g/mol. The van der Waals surface area contributed by atoms with Crippen LogP contribution in [0.15, 0.2) is 36.4 Å². The fourth-order valence-corrected chi connectivity index (χ4v) is 2.08. The average molecular weight is 277 g/mol. The Morgan fingerprint density at radius 1 is 1.25 bits per heavy atom. The van der Waals surface area contributed by atoms with Gasteiger partial charge < -0.3 is 14.7 Å². The summed E-state index contributed by atoms with van der Waals surface area (Å²) in [5.41, 5.74) is 2.22. The van der Waals surface area contributed by atoms with Crippen molar-refractivity contribution in [2.45, 2.75) is 39.7 Å². The van der Waals surface area contributed by atoms with E-state index in [0.717, 1.165) is 37.3 Å². The van der Waals surface area contributed by atoms with Gasteiger partial charge in [-0.15, -0.1) is 0 Å². The lowest BCUT2D eigenvalue weighted by atomic mass is 10.1. The summed E-state index contributed by atoms with van der Waals surface area (Å²) in [5, 5.41) is 9.49. The van der Waals surface area contributed by atoms with Crippen molar-refractivity contribution in [2.24, 2.45) is 0 Å². The Morgan fingerprint density at radius 3 is 2.30 bits per heavy atom. The van der Waals surface area contributed by atoms with Crippen LogP contribution in [-0.4, -0.2) is 30.9 Å². The predicted octanol–water partition coefficient (Wildman–Crippen LogP) is 3.63. The number of piperidine rings is 1. The van der Waals surface area contributed by atoms with Crippen molar-refractivity contribution in [3.05, 3.63) is 36.4 Å². The van der Waals surface area contributed by atoms with Gasteiger partial charge in [0, 0.05) is 18.8 Å². The van der Waals surface area contributed by atoms with E-state index >= 15 is 0 Å². The molecule has 0 aliphatic carbocycles. The lowest BCUT2D eigenvalue weighted by Crippen LogP contribution is -2.35. The number of ether oxygens (including phenoxy) is 1. The van der Waals surface area contributed by atoms with Crippen LogP contribution in [0, 0.1) is 0 Å². The highest BCUT2D eigenvalue weighted by Gasteiger charge is 2.16. The molecule has 1 heterocycles. The van der Waals surface area contributed by atoms with Crippen LogP contribution in [0.25, 0.3) is 0 Å². The molecule has 0 radical (unpaired) electrons. The van der Waals surface area contributed by atoms with Crippen LogP contribution in [0.1, 0.15) is 33.6 Å². The van der Waals surface area contributed by atoms with Gasteiger partial charge in [0.15, 0.2) is 0 Å². The molecule has 20 heavy (non-hydrogen) atoms. The van der Waals surface area contributed by atoms with Crippen LogP contribution >= 0.6 is 0 Å². The van der Waals surface area contributed by atoms with Gasteiger partial charge in [-0.1, -0.05) is 20.4 Å². The Bertz CT molecular complexity index is 392. The van der Waals surface area contributed by atoms with Crippen molar-refractivity contribution in [3.63, 3.8) is 0 Å². The molecular weight excluding hydrogens is 250 g/mol. The largest absolute Gasteiger partial charge is 0.489 e. The summed E-state index contributed by atoms with van der Waals surface area (Å²) in [5.74, 6) is 0.874. The third kappa shape index (κ3) is 5.25. The molecule has 0 bridgehead atoms. The molecule has 1 saturated heterocycles. The van der Waals surface area contributed by atoms with Crippen molar-refractivity contribution in [1.29, 1.82) is 0 Å². The second-order valence-corrected chi connectivity index (χ2v) is 4.96. The fraction of sp³-hybridized carbons (Fsp3) is 0.529. The second kappa shape index (κ2) is 8.64. The summed E-state index contributed by atoms with van der Waals surface area (Å²) >= 11 is 0. The molecule has 3 heteroatoms. The Morgan fingerprint density at radius 2 is 1.80 bits per heavy atom. The molecule has 1 aromatic rings. The lowest BCUT2D eigenvalue weighted by Gasteiger charge is -2.31. The fourth-order valence-electron chi connectivity index (χ4n) is 2.08. The minimum atomic E-state index is -0.126. The maximum Gasteiger partial charge on any atom is 0.119 e. The summed E-state index contributed by atoms with van der Waals surface area (Å²) in [6, 6.07) is 8.13. The summed E-state index contributed by atoms with van der Waals surface area (Å²) in [6.45, 7) is 12.2. The Kier molecular flexibility index (Phi) is 7.16. The maximum absolute atomic E-state index is 9.49. The number of hydrogen-bond donors (Lipinski definition) is 1. The normalized spacial score (nSPS) is 15.3. The van der Waals surface area contributed by atoms with E-state index in [1.165, 1.54) is 5.69 Å². The van der Waals surface area contributed by atoms with E-state index < -0.39 is 0 Å². The minimum Gasteiger partial charge on any atom is -0.489 e. The van der Waals surface area contributed by atoms with Crippen LogP contribution in [0.3, 0.4) is 0 Å². The van der Waals surface area contributed by atoms with Gasteiger partial charge >= 0.3 is 0 Å².